The molecule has 0 rings (SSSR count). The molecule has 0 amide bonds. The minimum absolute atomic E-state index is 0.208. The van der Waals surface area contributed by atoms with E-state index >= 15 is 0 Å². The molecule has 0 bridgehead atoms. The van der Waals surface area contributed by atoms with Gasteiger partial charge < -0.3 is 14.4 Å². The number of quaternary nitrogens is 1. The van der Waals surface area contributed by atoms with Gasteiger partial charge in [0.15, 0.2) is 0 Å². The molecule has 0 heterocycles. The van der Waals surface area contributed by atoms with Crippen molar-refractivity contribution in [3.05, 3.63) is 36.5 Å². The van der Waals surface area contributed by atoms with Crippen molar-refractivity contribution >= 4 is 5.97 Å². The van der Waals surface area contributed by atoms with Gasteiger partial charge in [0, 0.05) is 5.97 Å². The molecule has 0 saturated heterocycles. The molecular weight excluding hydrogens is 454 g/mol. The fourth-order valence-electron chi connectivity index (χ4n) is 4.53. The lowest BCUT2D eigenvalue weighted by molar-refractivity contribution is -0.929. The molecular formula is C34H65NO2. The summed E-state index contributed by atoms with van der Waals surface area (Å²) in [5.41, 5.74) is 0. The highest BCUT2D eigenvalue weighted by Gasteiger charge is 2.24. The van der Waals surface area contributed by atoms with Gasteiger partial charge in [-0.25, -0.2) is 0 Å². The molecule has 0 atom stereocenters. The normalized spacial score (nSPS) is 12.0. The van der Waals surface area contributed by atoms with E-state index in [9.17, 15) is 9.90 Å². The van der Waals surface area contributed by atoms with E-state index in [2.05, 4.69) is 71.1 Å². The van der Waals surface area contributed by atoms with Gasteiger partial charge in [-0.05, 0) is 70.6 Å². The molecule has 3 nitrogen and oxygen atoms in total. The van der Waals surface area contributed by atoms with Crippen molar-refractivity contribution in [3.8, 4) is 0 Å². The van der Waals surface area contributed by atoms with E-state index in [4.69, 9.17) is 0 Å². The second-order valence-corrected chi connectivity index (χ2v) is 10.6. The molecule has 0 aromatic rings. The fourth-order valence-corrected chi connectivity index (χ4v) is 4.53. The van der Waals surface area contributed by atoms with Gasteiger partial charge in [0.2, 0.25) is 0 Å². The first-order chi connectivity index (χ1) is 18.0. The summed E-state index contributed by atoms with van der Waals surface area (Å²) in [7, 11) is 0. The molecule has 0 aliphatic rings. The van der Waals surface area contributed by atoms with E-state index in [0.717, 1.165) is 44.9 Å². The predicted octanol–water partition coefficient (Wildman–Crippen LogP) is 9.33. The number of hydrogen-bond acceptors (Lipinski definition) is 2. The minimum Gasteiger partial charge on any atom is -0.550 e. The maximum Gasteiger partial charge on any atom is 0.0786 e. The number of carboxylic acids is 1. The highest BCUT2D eigenvalue weighted by atomic mass is 16.4. The van der Waals surface area contributed by atoms with Crippen molar-refractivity contribution in [3.63, 3.8) is 0 Å². The molecule has 0 fully saturated rings. The molecule has 218 valence electrons. The van der Waals surface area contributed by atoms with E-state index in [-0.39, 0.29) is 6.42 Å². The molecule has 0 saturated carbocycles. The number of carboxylic acid groups (broad SMARTS) is 1. The zero-order valence-corrected chi connectivity index (χ0v) is 25.8. The number of unbranched alkanes of at least 4 members (excludes halogenated alkanes) is 9. The number of rotatable bonds is 25. The average Bonchev–Trinajstić information content (AvgIpc) is 2.90. The molecule has 37 heavy (non-hydrogen) atoms. The first-order valence-corrected chi connectivity index (χ1v) is 16.0. The minimum atomic E-state index is -0.925. The van der Waals surface area contributed by atoms with Gasteiger partial charge in [-0.3, -0.25) is 0 Å². The van der Waals surface area contributed by atoms with E-state index in [1.54, 1.807) is 0 Å². The van der Waals surface area contributed by atoms with Gasteiger partial charge in [-0.1, -0.05) is 116 Å². The van der Waals surface area contributed by atoms with Crippen LogP contribution < -0.4 is 5.11 Å². The third-order valence-corrected chi connectivity index (χ3v) is 6.98. The summed E-state index contributed by atoms with van der Waals surface area (Å²) in [5, 5.41) is 10.2. The fraction of sp³-hybridized carbons (Fsp3) is 0.794. The summed E-state index contributed by atoms with van der Waals surface area (Å²) in [5.74, 6) is -0.925. The van der Waals surface area contributed by atoms with Crippen LogP contribution in [0.15, 0.2) is 36.5 Å². The zero-order valence-electron chi connectivity index (χ0n) is 25.8. The van der Waals surface area contributed by atoms with Crippen LogP contribution in [0.4, 0.5) is 0 Å². The van der Waals surface area contributed by atoms with Crippen molar-refractivity contribution in [2.75, 3.05) is 26.2 Å². The topological polar surface area (TPSA) is 40.1 Å². The van der Waals surface area contributed by atoms with E-state index in [1.807, 2.05) is 0 Å². The van der Waals surface area contributed by atoms with Crippen LogP contribution in [-0.4, -0.2) is 36.6 Å². The van der Waals surface area contributed by atoms with Crippen LogP contribution >= 0.6 is 0 Å². The molecule has 0 aromatic heterocycles. The number of carbonyl (C=O) groups is 1. The van der Waals surface area contributed by atoms with Crippen LogP contribution in [0.25, 0.3) is 0 Å². The lowest BCUT2D eigenvalue weighted by Gasteiger charge is -2.39. The van der Waals surface area contributed by atoms with Crippen LogP contribution in [0.5, 0.6) is 0 Å². The Morgan fingerprint density at radius 2 is 0.946 bits per heavy atom. The highest BCUT2D eigenvalue weighted by Crippen LogP contribution is 2.16. The van der Waals surface area contributed by atoms with Gasteiger partial charge in [0.1, 0.15) is 0 Å². The predicted molar refractivity (Wildman–Crippen MR) is 164 cm³/mol. The van der Waals surface area contributed by atoms with Crippen molar-refractivity contribution < 1.29 is 14.4 Å². The van der Waals surface area contributed by atoms with Crippen molar-refractivity contribution in [2.24, 2.45) is 0 Å². The van der Waals surface area contributed by atoms with E-state index in [1.165, 1.54) is 94.9 Å². The first-order valence-electron chi connectivity index (χ1n) is 16.0. The monoisotopic (exact) mass is 520 g/mol. The largest absolute Gasteiger partial charge is 0.550 e. The van der Waals surface area contributed by atoms with E-state index in [0.29, 0.717) is 0 Å². The Hall–Kier alpha value is -1.35. The maximum atomic E-state index is 10.2. The van der Waals surface area contributed by atoms with Crippen molar-refractivity contribution in [1.29, 1.82) is 0 Å². The Bertz CT molecular complexity index is 513. The zero-order chi connectivity index (χ0) is 27.9. The quantitative estimate of drug-likeness (QED) is 0.0684. The number of nitrogens with zero attached hydrogens (tertiary/aromatic N) is 1. The maximum absolute atomic E-state index is 10.2. The summed E-state index contributed by atoms with van der Waals surface area (Å²) in [6.07, 6.45) is 34.1. The average molecular weight is 520 g/mol. The number of aliphatic carboxylic acids is 1. The molecule has 0 spiro atoms. The van der Waals surface area contributed by atoms with Gasteiger partial charge in [-0.2, -0.15) is 0 Å². The molecule has 0 aromatic carbocycles. The molecule has 0 N–H and O–H groups in total. The molecule has 0 radical (unpaired) electrons. The van der Waals surface area contributed by atoms with Gasteiger partial charge >= 0.3 is 0 Å². The third-order valence-electron chi connectivity index (χ3n) is 6.98. The Kier molecular flexibility index (Phi) is 31.5. The highest BCUT2D eigenvalue weighted by molar-refractivity contribution is 5.64. The van der Waals surface area contributed by atoms with E-state index < -0.39 is 5.97 Å². The number of hydrogen-bond donors (Lipinski definition) is 0. The van der Waals surface area contributed by atoms with Crippen LogP contribution in [0.3, 0.4) is 0 Å². The SMILES string of the molecule is CC/C=C\C/C=C\C/C=C\CCCCCCCC(=O)[O-].CCCC[N+](CCCC)(CCCC)CCCC. The van der Waals surface area contributed by atoms with Gasteiger partial charge in [-0.15, -0.1) is 0 Å². The summed E-state index contributed by atoms with van der Waals surface area (Å²) >= 11 is 0. The third kappa shape index (κ3) is 29.1. The Morgan fingerprint density at radius 1 is 0.541 bits per heavy atom. The second kappa shape index (κ2) is 30.9. The molecule has 0 aliphatic carbocycles. The smallest absolute Gasteiger partial charge is 0.0786 e. The van der Waals surface area contributed by atoms with Crippen molar-refractivity contribution in [2.45, 2.75) is 150 Å². The molecule has 3 heteroatoms. The van der Waals surface area contributed by atoms with Crippen LogP contribution in [-0.2, 0) is 4.79 Å². The Labute approximate surface area is 233 Å². The molecule has 0 unspecified atom stereocenters. The standard InChI is InChI=1S/C18H30O2.C16H36N/c1-2-3-4-5-6-7-8-9-10-11-12-13-14-15-16-17-18(19)20;1-5-9-13-17(14-10-6-2,15-11-7-3)16-12-8-4/h3-4,6-7,9-10H,2,5,8,11-17H2,1H3,(H,19,20);5-16H2,1-4H3/q;+1/p-1/b4-3-,7-6-,10-9-;. The van der Waals surface area contributed by atoms with Gasteiger partial charge in [0.05, 0.1) is 26.2 Å². The van der Waals surface area contributed by atoms with Gasteiger partial charge in [0.25, 0.3) is 0 Å². The van der Waals surface area contributed by atoms with Crippen LogP contribution in [0.1, 0.15) is 150 Å². The van der Waals surface area contributed by atoms with Crippen LogP contribution in [0, 0.1) is 0 Å². The summed E-state index contributed by atoms with van der Waals surface area (Å²) in [6.45, 7) is 17.2. The summed E-state index contributed by atoms with van der Waals surface area (Å²) in [6, 6.07) is 0. The lowest BCUT2D eigenvalue weighted by Crippen LogP contribution is -2.50. The van der Waals surface area contributed by atoms with Crippen LogP contribution in [0.2, 0.25) is 0 Å². The number of allylic oxidation sites excluding steroid dienone is 6. The first kappa shape index (κ1) is 37.8. The Balaban J connectivity index is 0. The summed E-state index contributed by atoms with van der Waals surface area (Å²) in [4.78, 5) is 10.2. The number of carbonyl (C=O) groups excluding carboxylic acids is 1. The molecule has 0 aliphatic heterocycles. The Morgan fingerprint density at radius 3 is 1.38 bits per heavy atom. The van der Waals surface area contributed by atoms with Crippen molar-refractivity contribution in [1.82, 2.24) is 0 Å². The summed E-state index contributed by atoms with van der Waals surface area (Å²) < 4.78 is 1.42. The second-order valence-electron chi connectivity index (χ2n) is 10.6. The lowest BCUT2D eigenvalue weighted by atomic mass is 10.1.